The average Bonchev–Trinajstić information content (AvgIpc) is 3.82. The normalized spacial score (nSPS) is 13.3. The molecule has 2 nitrogen and oxygen atoms in total. The molecular weight excluding hydrogens is 667 g/mol. The summed E-state index contributed by atoms with van der Waals surface area (Å²) in [4.78, 5) is 2.42. The van der Waals surface area contributed by atoms with Gasteiger partial charge in [0.1, 0.15) is 19.2 Å². The molecule has 0 amide bonds. The van der Waals surface area contributed by atoms with E-state index in [0.717, 1.165) is 39.0 Å². The van der Waals surface area contributed by atoms with Crippen LogP contribution in [-0.2, 0) is 0 Å². The number of hydrogen-bond acceptors (Lipinski definition) is 3. The monoisotopic (exact) mass is 699 g/mol. The number of hydrogen-bond donors (Lipinski definition) is 0. The van der Waals surface area contributed by atoms with Crippen LogP contribution in [-0.4, -0.2) is 8.07 Å². The minimum absolute atomic E-state index is 0.893. The van der Waals surface area contributed by atoms with Crippen molar-refractivity contribution >= 4 is 99.7 Å². The van der Waals surface area contributed by atoms with Gasteiger partial charge in [-0.25, -0.2) is 0 Å². The third-order valence-corrected chi connectivity index (χ3v) is 16.0. The molecular formula is C48H33NOSSi. The van der Waals surface area contributed by atoms with Crippen molar-refractivity contribution in [1.29, 1.82) is 0 Å². The lowest BCUT2D eigenvalue weighted by molar-refractivity contribution is 0.669. The first-order valence-electron chi connectivity index (χ1n) is 17.9. The van der Waals surface area contributed by atoms with E-state index in [1.807, 2.05) is 17.4 Å². The van der Waals surface area contributed by atoms with Crippen LogP contribution in [0.3, 0.4) is 0 Å². The van der Waals surface area contributed by atoms with Gasteiger partial charge in [-0.05, 0) is 91.9 Å². The molecule has 2 aromatic heterocycles. The Morgan fingerprint density at radius 3 is 2.10 bits per heavy atom. The molecule has 8 aromatic carbocycles. The molecule has 0 N–H and O–H groups in total. The number of anilines is 3. The van der Waals surface area contributed by atoms with Gasteiger partial charge in [-0.3, -0.25) is 0 Å². The lowest BCUT2D eigenvalue weighted by Gasteiger charge is -2.28. The molecule has 0 saturated heterocycles. The largest absolute Gasteiger partial charge is 0.456 e. The van der Waals surface area contributed by atoms with E-state index >= 15 is 0 Å². The van der Waals surface area contributed by atoms with Crippen LogP contribution in [0.1, 0.15) is 0 Å². The maximum Gasteiger partial charge on any atom is 0.137 e. The Balaban J connectivity index is 1.13. The summed E-state index contributed by atoms with van der Waals surface area (Å²) in [5.74, 6) is 0. The van der Waals surface area contributed by atoms with Gasteiger partial charge in [0.05, 0.1) is 0 Å². The second-order valence-electron chi connectivity index (χ2n) is 14.5. The van der Waals surface area contributed by atoms with Gasteiger partial charge in [0, 0.05) is 54.1 Å². The molecule has 11 rings (SSSR count). The predicted octanol–water partition coefficient (Wildman–Crippen LogP) is 13.0. The fourth-order valence-electron chi connectivity index (χ4n) is 8.72. The van der Waals surface area contributed by atoms with Crippen molar-refractivity contribution < 1.29 is 4.42 Å². The smallest absolute Gasteiger partial charge is 0.137 e. The fourth-order valence-corrected chi connectivity index (χ4v) is 13.1. The van der Waals surface area contributed by atoms with Gasteiger partial charge in [-0.2, -0.15) is 0 Å². The summed E-state index contributed by atoms with van der Waals surface area (Å²) < 4.78 is 9.23. The van der Waals surface area contributed by atoms with Crippen molar-refractivity contribution in [3.8, 4) is 22.3 Å². The van der Waals surface area contributed by atoms with E-state index in [4.69, 9.17) is 4.42 Å². The Kier molecular flexibility index (Phi) is 6.31. The molecule has 0 atom stereocenters. The topological polar surface area (TPSA) is 16.4 Å². The summed E-state index contributed by atoms with van der Waals surface area (Å²) in [6, 6.07) is 60.1. The first kappa shape index (κ1) is 29.8. The summed E-state index contributed by atoms with van der Waals surface area (Å²) in [6.45, 7) is 5.04. The third kappa shape index (κ3) is 4.29. The molecule has 0 saturated carbocycles. The van der Waals surface area contributed by atoms with E-state index < -0.39 is 8.07 Å². The molecule has 0 unspecified atom stereocenters. The molecule has 0 spiro atoms. The molecule has 0 radical (unpaired) electrons. The van der Waals surface area contributed by atoms with Crippen LogP contribution in [0.5, 0.6) is 0 Å². The number of benzene rings is 8. The van der Waals surface area contributed by atoms with Gasteiger partial charge in [0.15, 0.2) is 0 Å². The number of fused-ring (bicyclic) bond motifs is 11. The van der Waals surface area contributed by atoms with Gasteiger partial charge < -0.3 is 9.32 Å². The van der Waals surface area contributed by atoms with Crippen LogP contribution in [0.25, 0.3) is 75.1 Å². The van der Waals surface area contributed by atoms with E-state index in [0.29, 0.717) is 0 Å². The van der Waals surface area contributed by atoms with Crippen molar-refractivity contribution in [2.45, 2.75) is 13.1 Å². The van der Waals surface area contributed by atoms with Crippen LogP contribution < -0.4 is 15.3 Å². The molecule has 52 heavy (non-hydrogen) atoms. The maximum absolute atomic E-state index is 6.45. The highest BCUT2D eigenvalue weighted by molar-refractivity contribution is 7.26. The van der Waals surface area contributed by atoms with Crippen LogP contribution in [0.15, 0.2) is 168 Å². The zero-order valence-electron chi connectivity index (χ0n) is 28.9. The molecule has 1 aliphatic heterocycles. The molecule has 0 bridgehead atoms. The highest BCUT2D eigenvalue weighted by Gasteiger charge is 2.39. The molecule has 0 fully saturated rings. The Hall–Kier alpha value is -5.94. The van der Waals surface area contributed by atoms with Crippen molar-refractivity contribution in [2.75, 3.05) is 4.90 Å². The highest BCUT2D eigenvalue weighted by atomic mass is 32.1. The second kappa shape index (κ2) is 11.0. The minimum Gasteiger partial charge on any atom is -0.456 e. The fraction of sp³-hybridized carbons (Fsp3) is 0.0417. The standard InChI is InChI=1S/C48H33NOSSi/c1-52(2)45-26-25-40-39-17-6-8-20-44(39)51-48(40)47(45)41-24-22-34(29-46(41)52)49(33-21-23-38-37-16-5-7-19-42(37)50-43(38)28-33)32-14-9-13-31(27-32)36-18-10-12-30-11-3-4-15-35(30)36/h3-29H,1-2H3. The van der Waals surface area contributed by atoms with Crippen molar-refractivity contribution in [1.82, 2.24) is 0 Å². The van der Waals surface area contributed by atoms with Crippen LogP contribution in [0, 0.1) is 0 Å². The van der Waals surface area contributed by atoms with Gasteiger partial charge in [-0.15, -0.1) is 11.3 Å². The third-order valence-electron chi connectivity index (χ3n) is 11.2. The number of furan rings is 1. The molecule has 10 aromatic rings. The minimum atomic E-state index is -2.03. The first-order chi connectivity index (χ1) is 25.5. The second-order valence-corrected chi connectivity index (χ2v) is 19.9. The molecule has 246 valence electrons. The van der Waals surface area contributed by atoms with Crippen LogP contribution in [0.2, 0.25) is 13.1 Å². The lowest BCUT2D eigenvalue weighted by atomic mass is 9.97. The van der Waals surface area contributed by atoms with Crippen molar-refractivity contribution in [3.05, 3.63) is 164 Å². The number of thiophene rings is 1. The van der Waals surface area contributed by atoms with Crippen molar-refractivity contribution in [2.24, 2.45) is 0 Å². The molecule has 3 heterocycles. The maximum atomic E-state index is 6.45. The van der Waals surface area contributed by atoms with Gasteiger partial charge in [-0.1, -0.05) is 122 Å². The van der Waals surface area contributed by atoms with Crippen molar-refractivity contribution in [3.63, 3.8) is 0 Å². The molecule has 1 aliphatic rings. The summed E-state index contributed by atoms with van der Waals surface area (Å²) in [5.41, 5.74) is 10.4. The molecule has 0 aliphatic carbocycles. The van der Waals surface area contributed by atoms with E-state index in [1.165, 1.54) is 63.6 Å². The lowest BCUT2D eigenvalue weighted by Crippen LogP contribution is -2.49. The molecule has 4 heteroatoms. The predicted molar refractivity (Wildman–Crippen MR) is 226 cm³/mol. The summed E-state index contributed by atoms with van der Waals surface area (Å²) in [5, 5.41) is 10.5. The van der Waals surface area contributed by atoms with Gasteiger partial charge in [0.25, 0.3) is 0 Å². The Bertz CT molecular complexity index is 3070. The van der Waals surface area contributed by atoms with E-state index in [1.54, 1.807) is 0 Å². The quantitative estimate of drug-likeness (QED) is 0.170. The summed E-state index contributed by atoms with van der Waals surface area (Å²) >= 11 is 1.94. The highest BCUT2D eigenvalue weighted by Crippen LogP contribution is 2.45. The van der Waals surface area contributed by atoms with E-state index in [9.17, 15) is 0 Å². The van der Waals surface area contributed by atoms with E-state index in [-0.39, 0.29) is 0 Å². The van der Waals surface area contributed by atoms with Gasteiger partial charge >= 0.3 is 0 Å². The average molecular weight is 700 g/mol. The van der Waals surface area contributed by atoms with Gasteiger partial charge in [0.2, 0.25) is 0 Å². The Labute approximate surface area is 306 Å². The summed E-state index contributed by atoms with van der Waals surface area (Å²) in [7, 11) is -2.03. The van der Waals surface area contributed by atoms with Crippen LogP contribution in [0.4, 0.5) is 17.1 Å². The summed E-state index contributed by atoms with van der Waals surface area (Å²) in [6.07, 6.45) is 0. The van der Waals surface area contributed by atoms with E-state index in [2.05, 4.69) is 176 Å². The zero-order chi connectivity index (χ0) is 34.6. The zero-order valence-corrected chi connectivity index (χ0v) is 30.7. The number of rotatable bonds is 4. The number of nitrogens with zero attached hydrogens (tertiary/aromatic N) is 1. The first-order valence-corrected chi connectivity index (χ1v) is 21.7. The SMILES string of the molecule is C[Si]1(C)c2cc(N(c3cccc(-c4cccc5ccccc45)c3)c3ccc4c(c3)oc3ccccc34)ccc2-c2c1ccc1c2sc2ccccc21. The Morgan fingerprint density at radius 1 is 0.481 bits per heavy atom. The Morgan fingerprint density at radius 2 is 1.17 bits per heavy atom. The van der Waals surface area contributed by atoms with Crippen LogP contribution >= 0.6 is 11.3 Å². The number of para-hydroxylation sites is 1.